The Morgan fingerprint density at radius 2 is 2.08 bits per heavy atom. The van der Waals surface area contributed by atoms with Crippen LogP contribution in [-0.2, 0) is 10.0 Å². The van der Waals surface area contributed by atoms with E-state index in [9.17, 15) is 13.2 Å². The molecular formula is C17H27N3O3S. The Hall–Kier alpha value is -1.44. The molecule has 7 heteroatoms. The molecule has 1 fully saturated rings. The van der Waals surface area contributed by atoms with Crippen LogP contribution in [0.5, 0.6) is 0 Å². The number of piperazine rings is 1. The molecule has 0 radical (unpaired) electrons. The average Bonchev–Trinajstić information content (AvgIpc) is 2.59. The Kier molecular flexibility index (Phi) is 6.37. The van der Waals surface area contributed by atoms with Gasteiger partial charge in [-0.15, -0.1) is 0 Å². The van der Waals surface area contributed by atoms with Crippen LogP contribution in [-0.4, -0.2) is 62.8 Å². The lowest BCUT2D eigenvalue weighted by Gasteiger charge is -2.31. The molecule has 1 aromatic carbocycles. The Morgan fingerprint density at radius 1 is 1.38 bits per heavy atom. The van der Waals surface area contributed by atoms with Crippen molar-refractivity contribution in [3.05, 3.63) is 29.8 Å². The van der Waals surface area contributed by atoms with Gasteiger partial charge >= 0.3 is 0 Å². The van der Waals surface area contributed by atoms with Gasteiger partial charge in [-0.3, -0.25) is 4.79 Å². The minimum Gasteiger partial charge on any atom is -0.342 e. The minimum absolute atomic E-state index is 0.101. The van der Waals surface area contributed by atoms with Crippen molar-refractivity contribution in [2.24, 2.45) is 0 Å². The molecule has 1 atom stereocenters. The number of nitrogens with zero attached hydrogens (tertiary/aromatic N) is 2. The molecule has 1 heterocycles. The summed E-state index contributed by atoms with van der Waals surface area (Å²) >= 11 is 0. The standard InChI is InChI=1S/C17H27N3O3S/c1-4-5-11-19(3)17(21)15-8-6-7-9-16(15)24(22,23)20-12-10-18-14(2)13-20/h6-9,14,18H,4-5,10-13H2,1-3H3. The van der Waals surface area contributed by atoms with Crippen molar-refractivity contribution < 1.29 is 13.2 Å². The molecule has 1 N–H and O–H groups in total. The van der Waals surface area contributed by atoms with Gasteiger partial charge < -0.3 is 10.2 Å². The zero-order valence-corrected chi connectivity index (χ0v) is 15.5. The molecule has 0 bridgehead atoms. The van der Waals surface area contributed by atoms with E-state index in [4.69, 9.17) is 0 Å². The maximum atomic E-state index is 13.0. The van der Waals surface area contributed by atoms with Crippen LogP contribution in [0.15, 0.2) is 29.2 Å². The molecule has 0 saturated carbocycles. The Morgan fingerprint density at radius 3 is 2.75 bits per heavy atom. The number of carbonyl (C=O) groups excluding carboxylic acids is 1. The van der Waals surface area contributed by atoms with E-state index in [1.54, 1.807) is 30.1 Å². The fourth-order valence-corrected chi connectivity index (χ4v) is 4.54. The fraction of sp³-hybridized carbons (Fsp3) is 0.588. The van der Waals surface area contributed by atoms with Gasteiger partial charge in [-0.05, 0) is 25.5 Å². The highest BCUT2D eigenvalue weighted by Crippen LogP contribution is 2.22. The lowest BCUT2D eigenvalue weighted by molar-refractivity contribution is 0.0789. The first-order valence-corrected chi connectivity index (χ1v) is 9.90. The maximum absolute atomic E-state index is 13.0. The van der Waals surface area contributed by atoms with Crippen molar-refractivity contribution in [2.75, 3.05) is 33.2 Å². The van der Waals surface area contributed by atoms with Gasteiger partial charge in [0.1, 0.15) is 0 Å². The molecule has 1 aromatic rings. The first kappa shape index (κ1) is 18.9. The van der Waals surface area contributed by atoms with E-state index in [0.29, 0.717) is 26.2 Å². The maximum Gasteiger partial charge on any atom is 0.254 e. The first-order chi connectivity index (χ1) is 11.4. The lowest BCUT2D eigenvalue weighted by atomic mass is 10.2. The predicted octanol–water partition coefficient (Wildman–Crippen LogP) is 1.54. The Bertz CT molecular complexity index is 675. The predicted molar refractivity (Wildman–Crippen MR) is 94.5 cm³/mol. The SMILES string of the molecule is CCCCN(C)C(=O)c1ccccc1S(=O)(=O)N1CCNC(C)C1. The summed E-state index contributed by atoms with van der Waals surface area (Å²) in [6.45, 7) is 6.08. The monoisotopic (exact) mass is 353 g/mol. The van der Waals surface area contributed by atoms with E-state index < -0.39 is 10.0 Å². The summed E-state index contributed by atoms with van der Waals surface area (Å²) in [5, 5.41) is 3.23. The highest BCUT2D eigenvalue weighted by atomic mass is 32.2. The van der Waals surface area contributed by atoms with Crippen LogP contribution >= 0.6 is 0 Å². The van der Waals surface area contributed by atoms with Crippen LogP contribution in [0.2, 0.25) is 0 Å². The summed E-state index contributed by atoms with van der Waals surface area (Å²) < 4.78 is 27.5. The van der Waals surface area contributed by atoms with Gasteiger partial charge in [0.2, 0.25) is 10.0 Å². The number of carbonyl (C=O) groups is 1. The highest BCUT2D eigenvalue weighted by molar-refractivity contribution is 7.89. The van der Waals surface area contributed by atoms with Crippen molar-refractivity contribution in [1.82, 2.24) is 14.5 Å². The normalized spacial score (nSPS) is 19.2. The summed E-state index contributed by atoms with van der Waals surface area (Å²) in [7, 11) is -1.96. The summed E-state index contributed by atoms with van der Waals surface area (Å²) in [6.07, 6.45) is 1.88. The lowest BCUT2D eigenvalue weighted by Crippen LogP contribution is -2.51. The smallest absolute Gasteiger partial charge is 0.254 e. The quantitative estimate of drug-likeness (QED) is 0.842. The summed E-state index contributed by atoms with van der Waals surface area (Å²) in [5.74, 6) is -0.245. The van der Waals surface area contributed by atoms with E-state index in [0.717, 1.165) is 12.8 Å². The highest BCUT2D eigenvalue weighted by Gasteiger charge is 2.32. The molecule has 134 valence electrons. The molecule has 1 saturated heterocycles. The van der Waals surface area contributed by atoms with Crippen molar-refractivity contribution in [1.29, 1.82) is 0 Å². The average molecular weight is 353 g/mol. The van der Waals surface area contributed by atoms with E-state index in [-0.39, 0.29) is 22.4 Å². The van der Waals surface area contributed by atoms with Crippen LogP contribution in [0.25, 0.3) is 0 Å². The van der Waals surface area contributed by atoms with Crippen molar-refractivity contribution >= 4 is 15.9 Å². The molecule has 0 aliphatic carbocycles. The second-order valence-electron chi connectivity index (χ2n) is 6.29. The van der Waals surface area contributed by atoms with E-state index >= 15 is 0 Å². The number of amides is 1. The zero-order valence-electron chi connectivity index (χ0n) is 14.7. The fourth-order valence-electron chi connectivity index (χ4n) is 2.83. The zero-order chi connectivity index (χ0) is 17.7. The van der Waals surface area contributed by atoms with Crippen LogP contribution in [0.3, 0.4) is 0 Å². The molecule has 1 unspecified atom stereocenters. The summed E-state index contributed by atoms with van der Waals surface area (Å²) in [4.78, 5) is 14.4. The van der Waals surface area contributed by atoms with Gasteiger partial charge in [-0.2, -0.15) is 4.31 Å². The van der Waals surface area contributed by atoms with Crippen molar-refractivity contribution in [3.8, 4) is 0 Å². The third-order valence-electron chi connectivity index (χ3n) is 4.26. The van der Waals surface area contributed by atoms with Gasteiger partial charge in [-0.25, -0.2) is 8.42 Å². The van der Waals surface area contributed by atoms with Crippen LogP contribution in [0, 0.1) is 0 Å². The molecule has 0 spiro atoms. The number of hydrogen-bond acceptors (Lipinski definition) is 4. The van der Waals surface area contributed by atoms with E-state index in [1.807, 2.05) is 6.92 Å². The second-order valence-corrected chi connectivity index (χ2v) is 8.20. The van der Waals surface area contributed by atoms with Gasteiger partial charge in [0.15, 0.2) is 0 Å². The molecule has 0 aromatic heterocycles. The molecule has 1 aliphatic rings. The number of nitrogens with one attached hydrogen (secondary N) is 1. The van der Waals surface area contributed by atoms with Crippen LogP contribution in [0.1, 0.15) is 37.0 Å². The number of sulfonamides is 1. The van der Waals surface area contributed by atoms with Crippen molar-refractivity contribution in [2.45, 2.75) is 37.6 Å². The topological polar surface area (TPSA) is 69.7 Å². The second kappa shape index (κ2) is 8.09. The van der Waals surface area contributed by atoms with Gasteiger partial charge in [-0.1, -0.05) is 25.5 Å². The Labute approximate surface area is 144 Å². The minimum atomic E-state index is -3.68. The number of rotatable bonds is 6. The largest absolute Gasteiger partial charge is 0.342 e. The molecule has 1 aliphatic heterocycles. The van der Waals surface area contributed by atoms with Gasteiger partial charge in [0.05, 0.1) is 10.5 Å². The van der Waals surface area contributed by atoms with Crippen LogP contribution in [0.4, 0.5) is 0 Å². The summed E-state index contributed by atoms with van der Waals surface area (Å²) in [6, 6.07) is 6.61. The number of benzene rings is 1. The van der Waals surface area contributed by atoms with Crippen molar-refractivity contribution in [3.63, 3.8) is 0 Å². The number of unbranched alkanes of at least 4 members (excludes halogenated alkanes) is 1. The Balaban J connectivity index is 2.32. The van der Waals surface area contributed by atoms with E-state index in [2.05, 4.69) is 12.2 Å². The molecule has 1 amide bonds. The third kappa shape index (κ3) is 4.15. The summed E-state index contributed by atoms with van der Waals surface area (Å²) in [5.41, 5.74) is 0.252. The molecular weight excluding hydrogens is 326 g/mol. The molecule has 6 nitrogen and oxygen atoms in total. The first-order valence-electron chi connectivity index (χ1n) is 8.46. The van der Waals surface area contributed by atoms with Crippen LogP contribution < -0.4 is 5.32 Å². The molecule has 24 heavy (non-hydrogen) atoms. The van der Waals surface area contributed by atoms with Gasteiger partial charge in [0.25, 0.3) is 5.91 Å². The van der Waals surface area contributed by atoms with Gasteiger partial charge in [0, 0.05) is 39.3 Å². The number of hydrogen-bond donors (Lipinski definition) is 1. The van der Waals surface area contributed by atoms with E-state index in [1.165, 1.54) is 10.4 Å². The third-order valence-corrected chi connectivity index (χ3v) is 6.18. The molecule has 2 rings (SSSR count).